The van der Waals surface area contributed by atoms with Gasteiger partial charge < -0.3 is 15.8 Å². The Morgan fingerprint density at radius 1 is 1.29 bits per heavy atom. The van der Waals surface area contributed by atoms with Crippen molar-refractivity contribution in [2.75, 3.05) is 18.9 Å². The summed E-state index contributed by atoms with van der Waals surface area (Å²) in [5, 5.41) is 20.8. The number of nitrogens with one attached hydrogen (secondary N) is 2. The van der Waals surface area contributed by atoms with E-state index in [1.165, 1.54) is 11.2 Å². The van der Waals surface area contributed by atoms with Gasteiger partial charge in [-0.1, -0.05) is 41.9 Å². The fourth-order valence-corrected chi connectivity index (χ4v) is 3.83. The lowest BCUT2D eigenvalue weighted by molar-refractivity contribution is 0.306. The van der Waals surface area contributed by atoms with E-state index in [0.717, 1.165) is 37.0 Å². The number of aliphatic imine (C=N–C) groups is 1. The van der Waals surface area contributed by atoms with Gasteiger partial charge in [-0.2, -0.15) is 5.26 Å². The Hall–Kier alpha value is -3.30. The number of nitrogens with zero attached hydrogens (tertiary/aromatic N) is 2. The molecule has 6 nitrogen and oxygen atoms in total. The third-order valence-corrected chi connectivity index (χ3v) is 5.37. The summed E-state index contributed by atoms with van der Waals surface area (Å²) >= 11 is 5.79. The highest BCUT2D eigenvalue weighted by atomic mass is 35.5. The molecule has 2 aromatic rings. The number of unbranched alkanes of at least 4 members (excludes halogenated alkanes) is 1. The van der Waals surface area contributed by atoms with Gasteiger partial charge in [-0.25, -0.2) is 4.99 Å². The summed E-state index contributed by atoms with van der Waals surface area (Å²) in [5.41, 5.74) is 11.1. The highest BCUT2D eigenvalue weighted by Crippen LogP contribution is 2.40. The number of amidine groups is 1. The summed E-state index contributed by atoms with van der Waals surface area (Å²) in [6.07, 6.45) is 3.33. The number of nitrogens with two attached hydrogens (primary N) is 1. The molecular weight excluding hydrogens is 410 g/mol. The van der Waals surface area contributed by atoms with E-state index in [4.69, 9.17) is 32.7 Å². The molecule has 0 fully saturated rings. The zero-order chi connectivity index (χ0) is 22.1. The smallest absolute Gasteiger partial charge is 0.139 e. The second-order valence-electron chi connectivity index (χ2n) is 7.32. The fourth-order valence-electron chi connectivity index (χ4n) is 3.73. The SMILES string of the molecule is N#Cc1ccc(N)cc1OCCCCNC(=N)C1=C(/N=C/Cl)C(c2ccccc2)CC1. The Labute approximate surface area is 187 Å². The number of nitriles is 1. The molecule has 0 bridgehead atoms. The fraction of sp³-hybridized carbons (Fsp3) is 0.292. The molecule has 31 heavy (non-hydrogen) atoms. The second kappa shape index (κ2) is 11.2. The quantitative estimate of drug-likeness (QED) is 0.224. The van der Waals surface area contributed by atoms with Crippen LogP contribution in [-0.2, 0) is 0 Å². The first-order chi connectivity index (χ1) is 15.1. The number of nitrogen functional groups attached to an aromatic ring is 1. The van der Waals surface area contributed by atoms with Crippen molar-refractivity contribution in [3.63, 3.8) is 0 Å². The molecule has 1 atom stereocenters. The van der Waals surface area contributed by atoms with Crippen LogP contribution in [0.1, 0.15) is 42.7 Å². The molecule has 0 amide bonds. The molecule has 4 N–H and O–H groups in total. The van der Waals surface area contributed by atoms with E-state index in [0.29, 0.717) is 36.0 Å². The minimum atomic E-state index is 0.161. The van der Waals surface area contributed by atoms with Gasteiger partial charge in [0.1, 0.15) is 17.7 Å². The van der Waals surface area contributed by atoms with Crippen LogP contribution >= 0.6 is 11.6 Å². The molecular formula is C24H26ClN5O. The number of anilines is 1. The van der Waals surface area contributed by atoms with Crippen molar-refractivity contribution in [1.29, 1.82) is 10.7 Å². The van der Waals surface area contributed by atoms with E-state index < -0.39 is 0 Å². The topological polar surface area (TPSA) is 107 Å². The number of benzene rings is 2. The normalized spacial score (nSPS) is 15.8. The Bertz CT molecular complexity index is 1010. The van der Waals surface area contributed by atoms with E-state index in [9.17, 15) is 0 Å². The van der Waals surface area contributed by atoms with E-state index >= 15 is 0 Å². The van der Waals surface area contributed by atoms with Gasteiger partial charge in [-0.15, -0.1) is 0 Å². The third-order valence-electron chi connectivity index (χ3n) is 5.27. The molecule has 3 rings (SSSR count). The van der Waals surface area contributed by atoms with Crippen molar-refractivity contribution < 1.29 is 4.74 Å². The molecule has 1 unspecified atom stereocenters. The van der Waals surface area contributed by atoms with Crippen molar-refractivity contribution in [2.24, 2.45) is 4.99 Å². The zero-order valence-electron chi connectivity index (χ0n) is 17.3. The minimum Gasteiger partial charge on any atom is -0.492 e. The van der Waals surface area contributed by atoms with Gasteiger partial charge in [0.2, 0.25) is 0 Å². The van der Waals surface area contributed by atoms with Gasteiger partial charge in [0.15, 0.2) is 0 Å². The standard InChI is InChI=1S/C24H26ClN5O/c25-16-30-23-20(17-6-2-1-3-7-17)10-11-21(23)24(28)29-12-4-5-13-31-22-14-19(27)9-8-18(22)15-26/h1-3,6-9,14,16,20H,4-5,10-13,27H2,(H2,28,29)/b30-16+. The number of allylic oxidation sites excluding steroid dienone is 1. The maximum Gasteiger partial charge on any atom is 0.139 e. The van der Waals surface area contributed by atoms with E-state index in [1.54, 1.807) is 18.2 Å². The molecule has 0 spiro atoms. The maximum absolute atomic E-state index is 9.14. The van der Waals surface area contributed by atoms with Crippen molar-refractivity contribution in [3.05, 3.63) is 70.9 Å². The van der Waals surface area contributed by atoms with Gasteiger partial charge in [-0.3, -0.25) is 5.41 Å². The van der Waals surface area contributed by atoms with Crippen molar-refractivity contribution in [2.45, 2.75) is 31.6 Å². The molecule has 1 aliphatic rings. The first-order valence-electron chi connectivity index (χ1n) is 10.3. The van der Waals surface area contributed by atoms with Crippen molar-refractivity contribution in [1.82, 2.24) is 5.32 Å². The summed E-state index contributed by atoms with van der Waals surface area (Å²) in [5.74, 6) is 1.07. The average Bonchev–Trinajstić information content (AvgIpc) is 3.21. The molecule has 0 aliphatic heterocycles. The summed E-state index contributed by atoms with van der Waals surface area (Å²) in [7, 11) is 0. The largest absolute Gasteiger partial charge is 0.492 e. The number of hydrogen-bond donors (Lipinski definition) is 3. The van der Waals surface area contributed by atoms with Crippen molar-refractivity contribution >= 4 is 28.8 Å². The van der Waals surface area contributed by atoms with Gasteiger partial charge in [0, 0.05) is 29.8 Å². The Morgan fingerprint density at radius 3 is 2.84 bits per heavy atom. The van der Waals surface area contributed by atoms with Crippen LogP contribution in [0, 0.1) is 16.7 Å². The molecule has 0 saturated carbocycles. The van der Waals surface area contributed by atoms with Gasteiger partial charge >= 0.3 is 0 Å². The highest BCUT2D eigenvalue weighted by molar-refractivity contribution is 6.56. The van der Waals surface area contributed by atoms with E-state index in [-0.39, 0.29) is 5.92 Å². The predicted octanol–water partition coefficient (Wildman–Crippen LogP) is 4.97. The molecule has 7 heteroatoms. The van der Waals surface area contributed by atoms with Crippen LogP contribution in [0.3, 0.4) is 0 Å². The third kappa shape index (κ3) is 5.87. The molecule has 160 valence electrons. The molecule has 0 aromatic heterocycles. The van der Waals surface area contributed by atoms with Crippen LogP contribution in [0.4, 0.5) is 5.69 Å². The lowest BCUT2D eigenvalue weighted by Gasteiger charge is -2.13. The van der Waals surface area contributed by atoms with Crippen LogP contribution < -0.4 is 15.8 Å². The number of ether oxygens (including phenoxy) is 1. The lowest BCUT2D eigenvalue weighted by Crippen LogP contribution is -2.25. The Morgan fingerprint density at radius 2 is 2.10 bits per heavy atom. The minimum absolute atomic E-state index is 0.161. The van der Waals surface area contributed by atoms with Crippen molar-refractivity contribution in [3.8, 4) is 11.8 Å². The number of hydrogen-bond acceptors (Lipinski definition) is 5. The van der Waals surface area contributed by atoms with E-state index in [1.807, 2.05) is 18.2 Å². The maximum atomic E-state index is 9.14. The summed E-state index contributed by atoms with van der Waals surface area (Å²) in [6.45, 7) is 1.13. The number of rotatable bonds is 9. The van der Waals surface area contributed by atoms with Crippen LogP contribution in [0.2, 0.25) is 0 Å². The first-order valence-corrected chi connectivity index (χ1v) is 10.7. The van der Waals surface area contributed by atoms with Crippen LogP contribution in [0.5, 0.6) is 5.75 Å². The van der Waals surface area contributed by atoms with Gasteiger partial charge in [-0.05, 0) is 43.4 Å². The first kappa shape index (κ1) is 22.4. The summed E-state index contributed by atoms with van der Waals surface area (Å²) in [4.78, 5) is 4.38. The van der Waals surface area contributed by atoms with Gasteiger partial charge in [0.05, 0.1) is 23.5 Å². The monoisotopic (exact) mass is 435 g/mol. The molecule has 0 heterocycles. The lowest BCUT2D eigenvalue weighted by atomic mass is 9.96. The number of halogens is 1. The molecule has 2 aromatic carbocycles. The zero-order valence-corrected chi connectivity index (χ0v) is 18.0. The van der Waals surface area contributed by atoms with Crippen LogP contribution in [0.25, 0.3) is 0 Å². The summed E-state index contributed by atoms with van der Waals surface area (Å²) < 4.78 is 5.70. The molecule has 0 radical (unpaired) electrons. The van der Waals surface area contributed by atoms with Gasteiger partial charge in [0.25, 0.3) is 0 Å². The van der Waals surface area contributed by atoms with E-state index in [2.05, 4.69) is 28.5 Å². The second-order valence-corrected chi connectivity index (χ2v) is 7.51. The Balaban J connectivity index is 1.49. The van der Waals surface area contributed by atoms with Crippen LogP contribution in [0.15, 0.2) is 64.8 Å². The Kier molecular flexibility index (Phi) is 8.08. The predicted molar refractivity (Wildman–Crippen MR) is 126 cm³/mol. The summed E-state index contributed by atoms with van der Waals surface area (Å²) in [6, 6.07) is 17.3. The molecule has 0 saturated heterocycles. The molecule has 1 aliphatic carbocycles. The highest BCUT2D eigenvalue weighted by Gasteiger charge is 2.28. The van der Waals surface area contributed by atoms with Crippen LogP contribution in [-0.4, -0.2) is 24.7 Å². The average molecular weight is 436 g/mol.